The standard InChI is InChI=1S/C10H17N3O2/c1-3-5-6-10(4-2)7(11)12-9(15)13-8(10)14/h3-6H2,1-2H3,(H3,11,12,13,14,15). The fourth-order valence-corrected chi connectivity index (χ4v) is 1.83. The molecular weight excluding hydrogens is 194 g/mol. The van der Waals surface area contributed by atoms with Gasteiger partial charge in [0.2, 0.25) is 5.91 Å². The molecule has 1 rings (SSSR count). The van der Waals surface area contributed by atoms with Gasteiger partial charge in [0.25, 0.3) is 0 Å². The highest BCUT2D eigenvalue weighted by molar-refractivity contribution is 6.20. The molecule has 0 aromatic rings. The molecule has 1 heterocycles. The predicted molar refractivity (Wildman–Crippen MR) is 56.7 cm³/mol. The van der Waals surface area contributed by atoms with E-state index in [1.54, 1.807) is 0 Å². The van der Waals surface area contributed by atoms with E-state index >= 15 is 0 Å². The van der Waals surface area contributed by atoms with Crippen molar-refractivity contribution in [2.24, 2.45) is 5.41 Å². The van der Waals surface area contributed by atoms with E-state index in [1.807, 2.05) is 13.8 Å². The largest absolute Gasteiger partial charge is 0.326 e. The average molecular weight is 211 g/mol. The number of rotatable bonds is 4. The number of urea groups is 1. The Labute approximate surface area is 89.1 Å². The Balaban J connectivity index is 2.89. The average Bonchev–Trinajstić information content (AvgIpc) is 2.17. The van der Waals surface area contributed by atoms with Crippen LogP contribution in [0.4, 0.5) is 4.79 Å². The van der Waals surface area contributed by atoms with Crippen molar-refractivity contribution in [3.8, 4) is 0 Å². The summed E-state index contributed by atoms with van der Waals surface area (Å²) in [6.07, 6.45) is 3.00. The summed E-state index contributed by atoms with van der Waals surface area (Å²) in [5.41, 5.74) is -0.829. The minimum absolute atomic E-state index is 0.0344. The molecule has 1 aliphatic heterocycles. The van der Waals surface area contributed by atoms with Crippen LogP contribution in [0.25, 0.3) is 0 Å². The molecule has 1 saturated heterocycles. The van der Waals surface area contributed by atoms with Gasteiger partial charge >= 0.3 is 6.03 Å². The number of amidine groups is 1. The van der Waals surface area contributed by atoms with Crippen molar-refractivity contribution in [3.63, 3.8) is 0 Å². The second-order valence-corrected chi connectivity index (χ2v) is 3.82. The minimum atomic E-state index is -0.829. The fraction of sp³-hybridized carbons (Fsp3) is 0.700. The second-order valence-electron chi connectivity index (χ2n) is 3.82. The molecule has 1 atom stereocenters. The molecule has 0 aromatic heterocycles. The van der Waals surface area contributed by atoms with Crippen LogP contribution >= 0.6 is 0 Å². The monoisotopic (exact) mass is 211 g/mol. The van der Waals surface area contributed by atoms with Crippen LogP contribution in [0.15, 0.2) is 0 Å². The highest BCUT2D eigenvalue weighted by atomic mass is 16.2. The molecule has 1 aliphatic rings. The van der Waals surface area contributed by atoms with Gasteiger partial charge in [0, 0.05) is 0 Å². The van der Waals surface area contributed by atoms with E-state index in [0.29, 0.717) is 12.8 Å². The molecule has 0 saturated carbocycles. The van der Waals surface area contributed by atoms with Crippen LogP contribution in [0.1, 0.15) is 39.5 Å². The van der Waals surface area contributed by atoms with E-state index in [0.717, 1.165) is 12.8 Å². The topological polar surface area (TPSA) is 82.1 Å². The van der Waals surface area contributed by atoms with Gasteiger partial charge in [-0.3, -0.25) is 20.8 Å². The Bertz CT molecular complexity index is 279. The van der Waals surface area contributed by atoms with Crippen LogP contribution in [0.5, 0.6) is 0 Å². The van der Waals surface area contributed by atoms with Gasteiger partial charge in [0.05, 0.1) is 0 Å². The van der Waals surface area contributed by atoms with Gasteiger partial charge in [0.1, 0.15) is 11.3 Å². The summed E-state index contributed by atoms with van der Waals surface area (Å²) in [7, 11) is 0. The number of imide groups is 1. The lowest BCUT2D eigenvalue weighted by molar-refractivity contribution is -0.127. The predicted octanol–water partition coefficient (Wildman–Crippen LogP) is 1.39. The number of carbonyl (C=O) groups excluding carboxylic acids is 2. The Morgan fingerprint density at radius 3 is 2.40 bits per heavy atom. The fourth-order valence-electron chi connectivity index (χ4n) is 1.83. The molecule has 0 aliphatic carbocycles. The van der Waals surface area contributed by atoms with Gasteiger partial charge in [-0.25, -0.2) is 4.79 Å². The lowest BCUT2D eigenvalue weighted by Crippen LogP contribution is -2.61. The van der Waals surface area contributed by atoms with Crippen molar-refractivity contribution in [1.82, 2.24) is 10.6 Å². The maximum Gasteiger partial charge on any atom is 0.326 e. The van der Waals surface area contributed by atoms with Crippen LogP contribution in [0.2, 0.25) is 0 Å². The second kappa shape index (κ2) is 4.42. The summed E-state index contributed by atoms with van der Waals surface area (Å²) >= 11 is 0. The third-order valence-electron chi connectivity index (χ3n) is 2.94. The highest BCUT2D eigenvalue weighted by Crippen LogP contribution is 2.31. The first-order valence-corrected chi connectivity index (χ1v) is 5.28. The minimum Gasteiger partial charge on any atom is -0.295 e. The van der Waals surface area contributed by atoms with Crippen molar-refractivity contribution in [2.75, 3.05) is 0 Å². The van der Waals surface area contributed by atoms with E-state index < -0.39 is 11.4 Å². The number of amides is 3. The normalized spacial score (nSPS) is 26.1. The van der Waals surface area contributed by atoms with Crippen LogP contribution in [0.3, 0.4) is 0 Å². The molecule has 3 N–H and O–H groups in total. The molecule has 0 radical (unpaired) electrons. The Morgan fingerprint density at radius 1 is 1.27 bits per heavy atom. The van der Waals surface area contributed by atoms with Crippen LogP contribution in [0, 0.1) is 10.8 Å². The maximum atomic E-state index is 11.8. The number of hydrogen-bond donors (Lipinski definition) is 3. The van der Waals surface area contributed by atoms with Gasteiger partial charge < -0.3 is 0 Å². The molecular formula is C10H17N3O2. The summed E-state index contributed by atoms with van der Waals surface area (Å²) in [6, 6.07) is -0.592. The summed E-state index contributed by atoms with van der Waals surface area (Å²) in [5, 5.41) is 12.3. The van der Waals surface area contributed by atoms with Crippen LogP contribution < -0.4 is 10.6 Å². The lowest BCUT2D eigenvalue weighted by atomic mass is 9.77. The zero-order valence-electron chi connectivity index (χ0n) is 9.14. The lowest BCUT2D eigenvalue weighted by Gasteiger charge is -2.35. The van der Waals surface area contributed by atoms with Crippen LogP contribution in [-0.2, 0) is 4.79 Å². The summed E-state index contributed by atoms with van der Waals surface area (Å²) in [5.74, 6) is -0.306. The Morgan fingerprint density at radius 2 is 1.93 bits per heavy atom. The van der Waals surface area contributed by atoms with Crippen LogP contribution in [-0.4, -0.2) is 17.8 Å². The van der Waals surface area contributed by atoms with E-state index in [1.165, 1.54) is 0 Å². The Kier molecular flexibility index (Phi) is 3.44. The van der Waals surface area contributed by atoms with Crippen molar-refractivity contribution in [1.29, 1.82) is 5.41 Å². The van der Waals surface area contributed by atoms with Gasteiger partial charge in [0.15, 0.2) is 0 Å². The molecule has 0 aromatic carbocycles. The van der Waals surface area contributed by atoms with E-state index in [2.05, 4.69) is 10.6 Å². The summed E-state index contributed by atoms with van der Waals surface area (Å²) in [4.78, 5) is 22.7. The molecule has 0 spiro atoms. The van der Waals surface area contributed by atoms with Crippen molar-refractivity contribution < 1.29 is 9.59 Å². The highest BCUT2D eigenvalue weighted by Gasteiger charge is 2.45. The molecule has 84 valence electrons. The number of hydrogen-bond acceptors (Lipinski definition) is 3. The van der Waals surface area contributed by atoms with Gasteiger partial charge in [-0.15, -0.1) is 0 Å². The molecule has 0 bridgehead atoms. The number of nitrogens with one attached hydrogen (secondary N) is 3. The van der Waals surface area contributed by atoms with Gasteiger partial charge in [-0.1, -0.05) is 26.7 Å². The van der Waals surface area contributed by atoms with E-state index in [-0.39, 0.29) is 11.7 Å². The molecule has 1 unspecified atom stereocenters. The van der Waals surface area contributed by atoms with Gasteiger partial charge in [-0.05, 0) is 12.8 Å². The molecule has 15 heavy (non-hydrogen) atoms. The first-order chi connectivity index (χ1) is 7.06. The zero-order chi connectivity index (χ0) is 11.5. The molecule has 3 amide bonds. The third kappa shape index (κ3) is 2.00. The molecule has 1 fully saturated rings. The van der Waals surface area contributed by atoms with Crippen molar-refractivity contribution in [2.45, 2.75) is 39.5 Å². The molecule has 5 nitrogen and oxygen atoms in total. The smallest absolute Gasteiger partial charge is 0.295 e. The summed E-state index contributed by atoms with van der Waals surface area (Å²) < 4.78 is 0. The van der Waals surface area contributed by atoms with Gasteiger partial charge in [-0.2, -0.15) is 0 Å². The van der Waals surface area contributed by atoms with Crippen molar-refractivity contribution >= 4 is 17.8 Å². The van der Waals surface area contributed by atoms with Crippen molar-refractivity contribution in [3.05, 3.63) is 0 Å². The number of unbranched alkanes of at least 4 members (excludes halogenated alkanes) is 1. The first-order valence-electron chi connectivity index (χ1n) is 5.28. The number of carbonyl (C=O) groups is 2. The summed E-state index contributed by atoms with van der Waals surface area (Å²) in [6.45, 7) is 3.90. The maximum absolute atomic E-state index is 11.8. The molecule has 5 heteroatoms. The zero-order valence-corrected chi connectivity index (χ0v) is 9.14. The van der Waals surface area contributed by atoms with E-state index in [9.17, 15) is 9.59 Å². The SMILES string of the molecule is CCCCC1(CC)C(=N)NC(=O)NC1=O. The third-order valence-corrected chi connectivity index (χ3v) is 2.94. The van der Waals surface area contributed by atoms with E-state index in [4.69, 9.17) is 5.41 Å². The Hall–Kier alpha value is -1.39. The first kappa shape index (κ1) is 11.7. The quantitative estimate of drug-likeness (QED) is 0.656.